The molecule has 268 valence electrons. The molecule has 2 aromatic heterocycles. The molecule has 0 saturated carbocycles. The molecule has 13 heteroatoms. The fraction of sp³-hybridized carbons (Fsp3) is 0.432. The smallest absolute Gasteiger partial charge is 0.415 e. The van der Waals surface area contributed by atoms with E-state index in [4.69, 9.17) is 4.74 Å². The highest BCUT2D eigenvalue weighted by atomic mass is 32.1. The summed E-state index contributed by atoms with van der Waals surface area (Å²) in [5.74, 6) is -0.292. The van der Waals surface area contributed by atoms with E-state index >= 15 is 0 Å². The molecule has 2 aromatic carbocycles. The number of aliphatic hydroxyl groups is 1. The molecule has 0 spiro atoms. The number of carbonyl (C=O) groups excluding carboxylic acids is 3. The normalized spacial score (nSPS) is 13.7. The van der Waals surface area contributed by atoms with Crippen LogP contribution in [0.25, 0.3) is 0 Å². The van der Waals surface area contributed by atoms with E-state index in [-0.39, 0.29) is 18.2 Å². The first-order valence-corrected chi connectivity index (χ1v) is 18.5. The maximum Gasteiger partial charge on any atom is 0.415 e. The fourth-order valence-corrected chi connectivity index (χ4v) is 7.16. The van der Waals surface area contributed by atoms with Crippen molar-refractivity contribution in [2.24, 2.45) is 5.92 Å². The Morgan fingerprint density at radius 2 is 1.56 bits per heavy atom. The third-order valence-electron chi connectivity index (χ3n) is 8.33. The number of hydrogen-bond acceptors (Lipinski definition) is 9. The molecule has 0 aliphatic carbocycles. The number of anilines is 1. The lowest BCUT2D eigenvalue weighted by atomic mass is 9.92. The zero-order chi connectivity index (χ0) is 36.2. The SMILES string of the molecule is COC(=O)N(c1cncs1)[C@@H](Cc1ccccc1)[C@@H](O)C[C@H](Cc1ccccc1)NC(=O)[C@@H](NC(=O)N(C)Cc1csc(C(C)C)n1)C(C)C. The third kappa shape index (κ3) is 10.8. The number of thiazole rings is 2. The van der Waals surface area contributed by atoms with Gasteiger partial charge >= 0.3 is 12.1 Å². The summed E-state index contributed by atoms with van der Waals surface area (Å²) in [5, 5.41) is 21.5. The Hall–Kier alpha value is -4.33. The number of methoxy groups -OCH3 is 1. The third-order valence-corrected chi connectivity index (χ3v) is 10.3. The van der Waals surface area contributed by atoms with E-state index in [0.717, 1.165) is 21.8 Å². The van der Waals surface area contributed by atoms with E-state index < -0.39 is 36.4 Å². The fourth-order valence-electron chi connectivity index (χ4n) is 5.66. The minimum atomic E-state index is -1.09. The van der Waals surface area contributed by atoms with E-state index in [9.17, 15) is 19.5 Å². The summed E-state index contributed by atoms with van der Waals surface area (Å²) >= 11 is 2.83. The molecule has 4 rings (SSSR count). The lowest BCUT2D eigenvalue weighted by Gasteiger charge is -2.35. The van der Waals surface area contributed by atoms with Gasteiger partial charge in [0.2, 0.25) is 5.91 Å². The number of carbonyl (C=O) groups is 3. The van der Waals surface area contributed by atoms with Gasteiger partial charge in [0.05, 0.1) is 48.2 Å². The molecule has 0 aliphatic rings. The predicted octanol–water partition coefficient (Wildman–Crippen LogP) is 6.25. The molecular weight excluding hydrogens is 673 g/mol. The number of aliphatic hydroxyl groups excluding tert-OH is 1. The second kappa shape index (κ2) is 18.6. The Morgan fingerprint density at radius 3 is 2.10 bits per heavy atom. The molecule has 4 aromatic rings. The number of nitrogens with one attached hydrogen (secondary N) is 2. The van der Waals surface area contributed by atoms with Crippen molar-refractivity contribution in [1.82, 2.24) is 25.5 Å². The summed E-state index contributed by atoms with van der Waals surface area (Å²) in [6.45, 7) is 8.22. The van der Waals surface area contributed by atoms with E-state index in [2.05, 4.69) is 34.4 Å². The average molecular weight is 721 g/mol. The molecule has 4 amide bonds. The number of benzene rings is 2. The Balaban J connectivity index is 1.56. The lowest BCUT2D eigenvalue weighted by molar-refractivity contribution is -0.124. The molecule has 2 heterocycles. The van der Waals surface area contributed by atoms with Gasteiger partial charge in [0.1, 0.15) is 11.0 Å². The molecule has 0 radical (unpaired) electrons. The van der Waals surface area contributed by atoms with Crippen LogP contribution in [0.15, 0.2) is 77.8 Å². The number of ether oxygens (including phenoxy) is 1. The van der Waals surface area contributed by atoms with Crippen molar-refractivity contribution in [3.8, 4) is 0 Å². The summed E-state index contributed by atoms with van der Waals surface area (Å²) in [6, 6.07) is 16.8. The van der Waals surface area contributed by atoms with Gasteiger partial charge < -0.3 is 25.4 Å². The molecule has 0 bridgehead atoms. The molecule has 0 saturated heterocycles. The van der Waals surface area contributed by atoms with Crippen LogP contribution in [0.4, 0.5) is 14.6 Å². The molecule has 11 nitrogen and oxygen atoms in total. The first-order valence-electron chi connectivity index (χ1n) is 16.7. The molecule has 0 fully saturated rings. The van der Waals surface area contributed by atoms with Gasteiger partial charge in [-0.05, 0) is 36.3 Å². The molecule has 4 atom stereocenters. The van der Waals surface area contributed by atoms with E-state index in [1.54, 1.807) is 30.1 Å². The monoisotopic (exact) mass is 720 g/mol. The van der Waals surface area contributed by atoms with Gasteiger partial charge in [-0.3, -0.25) is 14.7 Å². The van der Waals surface area contributed by atoms with Crippen LogP contribution in [0.1, 0.15) is 61.9 Å². The summed E-state index contributed by atoms with van der Waals surface area (Å²) in [4.78, 5) is 52.3. The Bertz CT molecular complexity index is 1630. The van der Waals surface area contributed by atoms with Crippen LogP contribution >= 0.6 is 22.7 Å². The van der Waals surface area contributed by atoms with Gasteiger partial charge in [0, 0.05) is 24.4 Å². The van der Waals surface area contributed by atoms with Crippen molar-refractivity contribution in [3.05, 3.63) is 99.6 Å². The van der Waals surface area contributed by atoms with Crippen molar-refractivity contribution in [2.75, 3.05) is 19.1 Å². The van der Waals surface area contributed by atoms with Gasteiger partial charge in [-0.2, -0.15) is 0 Å². The summed E-state index contributed by atoms with van der Waals surface area (Å²) in [6.07, 6.45) is 0.724. The van der Waals surface area contributed by atoms with E-state index in [1.165, 1.54) is 28.2 Å². The highest BCUT2D eigenvalue weighted by Crippen LogP contribution is 2.28. The van der Waals surface area contributed by atoms with Crippen LogP contribution in [0.2, 0.25) is 0 Å². The molecular formula is C37H48N6O5S2. The standard InChI is InChI=1S/C37H48N6O5S2/c1-24(2)33(41-36(46)42(5)21-29-22-49-35(40-29)25(3)4)34(45)39-28(17-26-13-9-7-10-14-26)19-31(44)30(18-27-15-11-8-12-16-27)43(37(47)48-6)32-20-38-23-50-32/h7-16,20,22-25,28,30-31,33,44H,17-19,21H2,1-6H3,(H,39,45)(H,41,46)/t28-,30-,31-,33-/m0/s1. The first kappa shape index (κ1) is 38.5. The lowest BCUT2D eigenvalue weighted by Crippen LogP contribution is -2.56. The maximum absolute atomic E-state index is 14.0. The van der Waals surface area contributed by atoms with Crippen LogP contribution in [-0.2, 0) is 28.9 Å². The molecule has 3 N–H and O–H groups in total. The number of urea groups is 1. The number of hydrogen-bond donors (Lipinski definition) is 3. The number of rotatable bonds is 16. The Morgan fingerprint density at radius 1 is 0.920 bits per heavy atom. The predicted molar refractivity (Wildman–Crippen MR) is 198 cm³/mol. The van der Waals surface area contributed by atoms with Crippen molar-refractivity contribution in [1.29, 1.82) is 0 Å². The van der Waals surface area contributed by atoms with Gasteiger partial charge in [-0.25, -0.2) is 14.6 Å². The highest BCUT2D eigenvalue weighted by Gasteiger charge is 2.36. The van der Waals surface area contributed by atoms with Gasteiger partial charge in [-0.15, -0.1) is 22.7 Å². The van der Waals surface area contributed by atoms with Crippen LogP contribution in [0, 0.1) is 5.92 Å². The van der Waals surface area contributed by atoms with Crippen LogP contribution in [0.5, 0.6) is 0 Å². The number of aromatic nitrogens is 2. The van der Waals surface area contributed by atoms with Crippen molar-refractivity contribution in [2.45, 2.75) is 83.6 Å². The van der Waals surface area contributed by atoms with Gasteiger partial charge in [0.15, 0.2) is 0 Å². The summed E-state index contributed by atoms with van der Waals surface area (Å²) < 4.78 is 5.17. The molecule has 50 heavy (non-hydrogen) atoms. The number of amides is 4. The summed E-state index contributed by atoms with van der Waals surface area (Å²) in [5.41, 5.74) is 4.30. The zero-order valence-electron chi connectivity index (χ0n) is 29.5. The Labute approximate surface area is 302 Å². The van der Waals surface area contributed by atoms with Crippen molar-refractivity contribution in [3.63, 3.8) is 0 Å². The zero-order valence-corrected chi connectivity index (χ0v) is 31.1. The van der Waals surface area contributed by atoms with Gasteiger partial charge in [-0.1, -0.05) is 88.4 Å². The minimum absolute atomic E-state index is 0.116. The largest absolute Gasteiger partial charge is 0.452 e. The van der Waals surface area contributed by atoms with Crippen molar-refractivity contribution < 1.29 is 24.2 Å². The number of nitrogens with zero attached hydrogens (tertiary/aromatic N) is 4. The quantitative estimate of drug-likeness (QED) is 0.124. The van der Waals surface area contributed by atoms with Crippen LogP contribution in [0.3, 0.4) is 0 Å². The van der Waals surface area contributed by atoms with Crippen LogP contribution in [-0.4, -0.2) is 76.4 Å². The maximum atomic E-state index is 14.0. The second-order valence-corrected chi connectivity index (χ2v) is 14.7. The first-order chi connectivity index (χ1) is 24.0. The average Bonchev–Trinajstić information content (AvgIpc) is 3.80. The topological polar surface area (TPSA) is 137 Å². The van der Waals surface area contributed by atoms with E-state index in [0.29, 0.717) is 30.3 Å². The minimum Gasteiger partial charge on any atom is -0.452 e. The Kier molecular flexibility index (Phi) is 14.3. The highest BCUT2D eigenvalue weighted by molar-refractivity contribution is 7.14. The summed E-state index contributed by atoms with van der Waals surface area (Å²) in [7, 11) is 2.98. The second-order valence-electron chi connectivity index (χ2n) is 13.0. The van der Waals surface area contributed by atoms with Crippen molar-refractivity contribution >= 4 is 45.7 Å². The molecule has 0 aliphatic heterocycles. The van der Waals surface area contributed by atoms with E-state index in [1.807, 2.05) is 79.9 Å². The van der Waals surface area contributed by atoms with Gasteiger partial charge in [0.25, 0.3) is 0 Å². The molecule has 0 unspecified atom stereocenters. The van der Waals surface area contributed by atoms with Crippen LogP contribution < -0.4 is 15.5 Å².